The standard InChI is InChI=1S/C14H18Cl2O5S/c15-8-2-1-7(9(16)5-8)3-4-22-14-13(20)12(19)11(18)10(6-17)21-14/h1-2,5,10-14,17-20H,3-4,6H2/t10-,11-,12+,13-,14+/m1/s1. The fourth-order valence-corrected chi connectivity index (χ4v) is 3.87. The van der Waals surface area contributed by atoms with Crippen LogP contribution in [0.15, 0.2) is 18.2 Å². The molecule has 1 heterocycles. The highest BCUT2D eigenvalue weighted by Crippen LogP contribution is 2.30. The molecular formula is C14H18Cl2O5S. The molecule has 22 heavy (non-hydrogen) atoms. The van der Waals surface area contributed by atoms with Crippen LogP contribution in [0, 0.1) is 0 Å². The molecule has 8 heteroatoms. The quantitative estimate of drug-likeness (QED) is 0.621. The van der Waals surface area contributed by atoms with E-state index in [9.17, 15) is 15.3 Å². The first-order valence-electron chi connectivity index (χ1n) is 6.80. The summed E-state index contributed by atoms with van der Waals surface area (Å²) in [6.07, 6.45) is -4.14. The summed E-state index contributed by atoms with van der Waals surface area (Å²) in [5.41, 5.74) is 0.199. The van der Waals surface area contributed by atoms with Gasteiger partial charge in [-0.15, -0.1) is 11.8 Å². The first kappa shape index (κ1) is 18.3. The Labute approximate surface area is 142 Å². The summed E-state index contributed by atoms with van der Waals surface area (Å²) in [6.45, 7) is -0.426. The second-order valence-electron chi connectivity index (χ2n) is 5.05. The summed E-state index contributed by atoms with van der Waals surface area (Å²) in [5, 5.41) is 39.6. The zero-order valence-electron chi connectivity index (χ0n) is 11.6. The molecular weight excluding hydrogens is 351 g/mol. The normalized spacial score (nSPS) is 32.2. The Hall–Kier alpha value is -0.0500. The van der Waals surface area contributed by atoms with Gasteiger partial charge in [0.2, 0.25) is 0 Å². The summed E-state index contributed by atoms with van der Waals surface area (Å²) >= 11 is 13.2. The molecule has 1 aromatic carbocycles. The Bertz CT molecular complexity index is 502. The average molecular weight is 369 g/mol. The summed E-state index contributed by atoms with van der Waals surface area (Å²) in [7, 11) is 0. The maximum absolute atomic E-state index is 9.93. The number of aliphatic hydroxyl groups excluding tert-OH is 4. The highest BCUT2D eigenvalue weighted by Gasteiger charge is 2.43. The van der Waals surface area contributed by atoms with Crippen molar-refractivity contribution in [2.45, 2.75) is 36.3 Å². The second kappa shape index (κ2) is 8.17. The SMILES string of the molecule is OC[C@H]1O[C@@H](SCCc2ccc(Cl)cc2Cl)[C@H](O)[C@@H](O)[C@@H]1O. The number of thioether (sulfide) groups is 1. The van der Waals surface area contributed by atoms with Crippen molar-refractivity contribution in [2.75, 3.05) is 12.4 Å². The van der Waals surface area contributed by atoms with E-state index in [0.29, 0.717) is 22.2 Å². The van der Waals surface area contributed by atoms with Gasteiger partial charge in [-0.05, 0) is 29.9 Å². The topological polar surface area (TPSA) is 90.2 Å². The van der Waals surface area contributed by atoms with Crippen molar-refractivity contribution in [1.29, 1.82) is 0 Å². The van der Waals surface area contributed by atoms with E-state index in [4.69, 9.17) is 33.0 Å². The zero-order chi connectivity index (χ0) is 16.3. The van der Waals surface area contributed by atoms with Gasteiger partial charge in [-0.3, -0.25) is 0 Å². The van der Waals surface area contributed by atoms with Gasteiger partial charge >= 0.3 is 0 Å². The summed E-state index contributed by atoms with van der Waals surface area (Å²) in [5.74, 6) is 0.587. The summed E-state index contributed by atoms with van der Waals surface area (Å²) in [6, 6.07) is 5.25. The zero-order valence-corrected chi connectivity index (χ0v) is 13.9. The van der Waals surface area contributed by atoms with E-state index in [2.05, 4.69) is 0 Å². The van der Waals surface area contributed by atoms with E-state index in [0.717, 1.165) is 5.56 Å². The number of aryl methyl sites for hydroxylation is 1. The molecule has 1 aliphatic rings. The molecule has 0 unspecified atom stereocenters. The van der Waals surface area contributed by atoms with E-state index < -0.39 is 36.5 Å². The van der Waals surface area contributed by atoms with Crippen molar-refractivity contribution in [1.82, 2.24) is 0 Å². The molecule has 0 radical (unpaired) electrons. The number of rotatable bonds is 5. The van der Waals surface area contributed by atoms with E-state index in [-0.39, 0.29) is 0 Å². The Kier molecular flexibility index (Phi) is 6.79. The van der Waals surface area contributed by atoms with Crippen molar-refractivity contribution < 1.29 is 25.2 Å². The van der Waals surface area contributed by atoms with Crippen LogP contribution in [0.25, 0.3) is 0 Å². The highest BCUT2D eigenvalue weighted by molar-refractivity contribution is 7.99. The Morgan fingerprint density at radius 2 is 1.82 bits per heavy atom. The average Bonchev–Trinajstić information content (AvgIpc) is 2.49. The highest BCUT2D eigenvalue weighted by atomic mass is 35.5. The number of hydrogen-bond donors (Lipinski definition) is 4. The smallest absolute Gasteiger partial charge is 0.132 e. The van der Waals surface area contributed by atoms with Crippen molar-refractivity contribution in [3.63, 3.8) is 0 Å². The van der Waals surface area contributed by atoms with Crippen LogP contribution in [-0.2, 0) is 11.2 Å². The van der Waals surface area contributed by atoms with Gasteiger partial charge in [0, 0.05) is 10.0 Å². The molecule has 0 saturated carbocycles. The fraction of sp³-hybridized carbons (Fsp3) is 0.571. The molecule has 0 aliphatic carbocycles. The molecule has 1 saturated heterocycles. The molecule has 0 amide bonds. The van der Waals surface area contributed by atoms with Crippen molar-refractivity contribution in [2.24, 2.45) is 0 Å². The number of hydrogen-bond acceptors (Lipinski definition) is 6. The molecule has 124 valence electrons. The summed E-state index contributed by atoms with van der Waals surface area (Å²) < 4.78 is 5.42. The van der Waals surface area contributed by atoms with Gasteiger partial charge in [-0.2, -0.15) is 0 Å². The van der Waals surface area contributed by atoms with Crippen LogP contribution >= 0.6 is 35.0 Å². The number of aliphatic hydroxyl groups is 4. The lowest BCUT2D eigenvalue weighted by atomic mass is 10.0. The first-order chi connectivity index (χ1) is 10.4. The van der Waals surface area contributed by atoms with Gasteiger partial charge in [0.1, 0.15) is 29.9 Å². The van der Waals surface area contributed by atoms with Gasteiger partial charge < -0.3 is 25.2 Å². The van der Waals surface area contributed by atoms with Gasteiger partial charge in [0.15, 0.2) is 0 Å². The Morgan fingerprint density at radius 1 is 1.09 bits per heavy atom. The summed E-state index contributed by atoms with van der Waals surface area (Å²) in [4.78, 5) is 0. The Balaban J connectivity index is 1.90. The fourth-order valence-electron chi connectivity index (χ4n) is 2.21. The van der Waals surface area contributed by atoms with Crippen LogP contribution in [0.5, 0.6) is 0 Å². The predicted molar refractivity (Wildman–Crippen MR) is 86.4 cm³/mol. The second-order valence-corrected chi connectivity index (χ2v) is 7.10. The molecule has 0 bridgehead atoms. The molecule has 5 nitrogen and oxygen atoms in total. The van der Waals surface area contributed by atoms with E-state index in [1.807, 2.05) is 6.07 Å². The number of halogens is 2. The Morgan fingerprint density at radius 3 is 2.45 bits per heavy atom. The van der Waals surface area contributed by atoms with Crippen molar-refractivity contribution >= 4 is 35.0 Å². The minimum absolute atomic E-state index is 0.426. The number of ether oxygens (including phenoxy) is 1. The lowest BCUT2D eigenvalue weighted by molar-refractivity contribution is -0.205. The van der Waals surface area contributed by atoms with Crippen LogP contribution in [0.4, 0.5) is 0 Å². The third-order valence-corrected chi connectivity index (χ3v) is 5.26. The third-order valence-electron chi connectivity index (χ3n) is 3.52. The number of benzene rings is 1. The largest absolute Gasteiger partial charge is 0.394 e. The predicted octanol–water partition coefficient (Wildman–Crippen LogP) is 1.07. The minimum Gasteiger partial charge on any atom is -0.394 e. The first-order valence-corrected chi connectivity index (χ1v) is 8.60. The van der Waals surface area contributed by atoms with E-state index >= 15 is 0 Å². The maximum Gasteiger partial charge on any atom is 0.132 e. The van der Waals surface area contributed by atoms with Crippen molar-refractivity contribution in [3.05, 3.63) is 33.8 Å². The lowest BCUT2D eigenvalue weighted by Gasteiger charge is -2.39. The molecule has 1 fully saturated rings. The van der Waals surface area contributed by atoms with E-state index in [1.165, 1.54) is 11.8 Å². The molecule has 1 aromatic rings. The van der Waals surface area contributed by atoms with Gasteiger partial charge in [0.05, 0.1) is 6.61 Å². The maximum atomic E-state index is 9.93. The third kappa shape index (κ3) is 4.27. The molecule has 5 atom stereocenters. The monoisotopic (exact) mass is 368 g/mol. The van der Waals surface area contributed by atoms with Gasteiger partial charge in [0.25, 0.3) is 0 Å². The van der Waals surface area contributed by atoms with Crippen LogP contribution < -0.4 is 0 Å². The van der Waals surface area contributed by atoms with Gasteiger partial charge in [-0.25, -0.2) is 0 Å². The van der Waals surface area contributed by atoms with Crippen LogP contribution in [0.2, 0.25) is 10.0 Å². The molecule has 0 aromatic heterocycles. The van der Waals surface area contributed by atoms with Crippen LogP contribution in [0.3, 0.4) is 0 Å². The van der Waals surface area contributed by atoms with Crippen LogP contribution in [-0.4, -0.2) is 62.6 Å². The lowest BCUT2D eigenvalue weighted by Crippen LogP contribution is -2.57. The molecule has 4 N–H and O–H groups in total. The molecule has 2 rings (SSSR count). The van der Waals surface area contributed by atoms with Crippen LogP contribution in [0.1, 0.15) is 5.56 Å². The van der Waals surface area contributed by atoms with E-state index in [1.54, 1.807) is 12.1 Å². The molecule has 0 spiro atoms. The van der Waals surface area contributed by atoms with Gasteiger partial charge in [-0.1, -0.05) is 29.3 Å². The van der Waals surface area contributed by atoms with Crippen molar-refractivity contribution in [3.8, 4) is 0 Å². The molecule has 1 aliphatic heterocycles. The minimum atomic E-state index is -1.34.